The Morgan fingerprint density at radius 3 is 2.77 bits per heavy atom. The van der Waals surface area contributed by atoms with E-state index in [-0.39, 0.29) is 11.9 Å². The van der Waals surface area contributed by atoms with Gasteiger partial charge >= 0.3 is 6.03 Å². The maximum absolute atomic E-state index is 12.8. The van der Waals surface area contributed by atoms with E-state index < -0.39 is 6.04 Å². The Morgan fingerprint density at radius 1 is 1.31 bits per heavy atom. The van der Waals surface area contributed by atoms with Crippen molar-refractivity contribution in [1.29, 1.82) is 0 Å². The summed E-state index contributed by atoms with van der Waals surface area (Å²) in [5.74, 6) is -0.0272. The fourth-order valence-electron chi connectivity index (χ4n) is 3.02. The minimum atomic E-state index is -0.430. The first kappa shape index (κ1) is 17.9. The Bertz CT molecular complexity index is 719. The molecule has 3 heterocycles. The monoisotopic (exact) mass is 356 g/mol. The molecule has 1 fully saturated rings. The molecule has 0 aliphatic carbocycles. The van der Waals surface area contributed by atoms with Crippen molar-refractivity contribution in [3.63, 3.8) is 0 Å². The standard InChI is InChI=1S/C18H24N6O2/c1-22-11-5-16(17(22)25)21-18(26)24(13-15-3-6-19-7-4-15)10-2-9-23-12-8-20-14-23/h3-4,6-8,12,14,16H,2,5,9-11,13H2,1H3,(H,21,26). The van der Waals surface area contributed by atoms with Crippen LogP contribution < -0.4 is 5.32 Å². The number of nitrogens with zero attached hydrogens (tertiary/aromatic N) is 5. The SMILES string of the molecule is CN1CCC(NC(=O)N(CCCn2ccnc2)Cc2ccncc2)C1=O. The molecule has 2 aromatic rings. The van der Waals surface area contributed by atoms with Crippen LogP contribution in [-0.4, -0.2) is 62.5 Å². The van der Waals surface area contributed by atoms with Crippen molar-refractivity contribution in [3.05, 3.63) is 48.8 Å². The van der Waals surface area contributed by atoms with E-state index >= 15 is 0 Å². The number of nitrogens with one attached hydrogen (secondary N) is 1. The lowest BCUT2D eigenvalue weighted by Gasteiger charge is -2.25. The molecule has 1 aliphatic heterocycles. The van der Waals surface area contributed by atoms with Crippen molar-refractivity contribution in [2.24, 2.45) is 0 Å². The minimum absolute atomic E-state index is 0.0272. The van der Waals surface area contributed by atoms with Crippen LogP contribution in [0.5, 0.6) is 0 Å². The largest absolute Gasteiger partial charge is 0.344 e. The third-order valence-electron chi connectivity index (χ3n) is 4.54. The van der Waals surface area contributed by atoms with Gasteiger partial charge in [0.1, 0.15) is 6.04 Å². The molecule has 0 aromatic carbocycles. The molecular formula is C18H24N6O2. The molecule has 26 heavy (non-hydrogen) atoms. The number of amides is 3. The maximum atomic E-state index is 12.8. The van der Waals surface area contributed by atoms with Gasteiger partial charge in [-0.15, -0.1) is 0 Å². The normalized spacial score (nSPS) is 16.7. The summed E-state index contributed by atoms with van der Waals surface area (Å²) >= 11 is 0. The van der Waals surface area contributed by atoms with Gasteiger partial charge in [0, 0.05) is 58.0 Å². The molecule has 0 bridgehead atoms. The molecule has 1 N–H and O–H groups in total. The molecule has 3 rings (SSSR count). The second-order valence-electron chi connectivity index (χ2n) is 6.48. The quantitative estimate of drug-likeness (QED) is 0.806. The van der Waals surface area contributed by atoms with Crippen LogP contribution in [0, 0.1) is 0 Å². The predicted octanol–water partition coefficient (Wildman–Crippen LogP) is 1.11. The van der Waals surface area contributed by atoms with Gasteiger partial charge < -0.3 is 19.7 Å². The molecule has 3 amide bonds. The lowest BCUT2D eigenvalue weighted by atomic mass is 10.2. The number of imidazole rings is 1. The smallest absolute Gasteiger partial charge is 0.318 e. The van der Waals surface area contributed by atoms with E-state index in [0.717, 1.165) is 18.5 Å². The first-order valence-electron chi connectivity index (χ1n) is 8.78. The van der Waals surface area contributed by atoms with Gasteiger partial charge in [-0.05, 0) is 30.5 Å². The number of aromatic nitrogens is 3. The summed E-state index contributed by atoms with van der Waals surface area (Å²) in [5, 5.41) is 2.88. The van der Waals surface area contributed by atoms with Crippen molar-refractivity contribution in [3.8, 4) is 0 Å². The molecular weight excluding hydrogens is 332 g/mol. The molecule has 0 radical (unpaired) electrons. The molecule has 1 unspecified atom stereocenters. The number of hydrogen-bond acceptors (Lipinski definition) is 4. The highest BCUT2D eigenvalue weighted by molar-refractivity contribution is 5.88. The van der Waals surface area contributed by atoms with E-state index in [1.807, 2.05) is 22.9 Å². The topological polar surface area (TPSA) is 83.4 Å². The molecule has 0 saturated carbocycles. The number of urea groups is 1. The van der Waals surface area contributed by atoms with Gasteiger partial charge in [-0.2, -0.15) is 0 Å². The zero-order valence-electron chi connectivity index (χ0n) is 14.9. The fourth-order valence-corrected chi connectivity index (χ4v) is 3.02. The van der Waals surface area contributed by atoms with Crippen molar-refractivity contribution in [2.45, 2.75) is 32.0 Å². The van der Waals surface area contributed by atoms with Gasteiger partial charge in [0.2, 0.25) is 5.91 Å². The van der Waals surface area contributed by atoms with Crippen LogP contribution in [0.15, 0.2) is 43.2 Å². The first-order chi connectivity index (χ1) is 12.6. The van der Waals surface area contributed by atoms with E-state index in [9.17, 15) is 9.59 Å². The summed E-state index contributed by atoms with van der Waals surface area (Å²) in [6, 6.07) is 3.15. The second-order valence-corrected chi connectivity index (χ2v) is 6.48. The fraction of sp³-hybridized carbons (Fsp3) is 0.444. The van der Waals surface area contributed by atoms with Gasteiger partial charge in [0.05, 0.1) is 6.33 Å². The molecule has 0 spiro atoms. The van der Waals surface area contributed by atoms with Crippen LogP contribution in [0.3, 0.4) is 0 Å². The predicted molar refractivity (Wildman–Crippen MR) is 96.1 cm³/mol. The Kier molecular flexibility index (Phi) is 5.83. The summed E-state index contributed by atoms with van der Waals surface area (Å²) in [5.41, 5.74) is 1.01. The number of carbonyl (C=O) groups excluding carboxylic acids is 2. The Hall–Kier alpha value is -2.90. The number of carbonyl (C=O) groups is 2. The van der Waals surface area contributed by atoms with E-state index in [2.05, 4.69) is 15.3 Å². The summed E-state index contributed by atoms with van der Waals surface area (Å²) in [4.78, 5) is 36.3. The number of pyridine rings is 1. The van der Waals surface area contributed by atoms with Gasteiger partial charge in [-0.3, -0.25) is 9.78 Å². The summed E-state index contributed by atoms with van der Waals surface area (Å²) in [6.07, 6.45) is 10.3. The van der Waals surface area contributed by atoms with E-state index in [1.165, 1.54) is 0 Å². The van der Waals surface area contributed by atoms with Crippen LogP contribution in [0.1, 0.15) is 18.4 Å². The molecule has 2 aromatic heterocycles. The highest BCUT2D eigenvalue weighted by Crippen LogP contribution is 2.11. The lowest BCUT2D eigenvalue weighted by molar-refractivity contribution is -0.128. The van der Waals surface area contributed by atoms with Crippen LogP contribution >= 0.6 is 0 Å². The molecule has 1 atom stereocenters. The van der Waals surface area contributed by atoms with Gasteiger partial charge in [-0.25, -0.2) is 9.78 Å². The average molecular weight is 356 g/mol. The van der Waals surface area contributed by atoms with Crippen molar-refractivity contribution in [1.82, 2.24) is 29.7 Å². The second kappa shape index (κ2) is 8.46. The average Bonchev–Trinajstić information content (AvgIpc) is 3.27. The Balaban J connectivity index is 1.61. The number of likely N-dealkylation sites (N-methyl/N-ethyl adjacent to an activating group) is 1. The molecule has 1 saturated heterocycles. The molecule has 1 aliphatic rings. The van der Waals surface area contributed by atoms with Crippen LogP contribution in [0.2, 0.25) is 0 Å². The number of aryl methyl sites for hydroxylation is 1. The van der Waals surface area contributed by atoms with Gasteiger partial charge in [0.15, 0.2) is 0 Å². The van der Waals surface area contributed by atoms with Crippen LogP contribution in [0.4, 0.5) is 4.79 Å². The van der Waals surface area contributed by atoms with E-state index in [4.69, 9.17) is 0 Å². The van der Waals surface area contributed by atoms with E-state index in [1.54, 1.807) is 41.8 Å². The Morgan fingerprint density at radius 2 is 2.12 bits per heavy atom. The minimum Gasteiger partial charge on any atom is -0.344 e. The first-order valence-corrected chi connectivity index (χ1v) is 8.78. The molecule has 138 valence electrons. The zero-order valence-corrected chi connectivity index (χ0v) is 14.9. The van der Waals surface area contributed by atoms with Crippen molar-refractivity contribution < 1.29 is 9.59 Å². The number of likely N-dealkylation sites (tertiary alicyclic amines) is 1. The highest BCUT2D eigenvalue weighted by Gasteiger charge is 2.31. The third kappa shape index (κ3) is 4.59. The van der Waals surface area contributed by atoms with Crippen molar-refractivity contribution >= 4 is 11.9 Å². The van der Waals surface area contributed by atoms with Gasteiger partial charge in [-0.1, -0.05) is 0 Å². The summed E-state index contributed by atoms with van der Waals surface area (Å²) in [6.45, 7) is 2.53. The maximum Gasteiger partial charge on any atom is 0.318 e. The Labute approximate surface area is 152 Å². The number of rotatable bonds is 7. The zero-order chi connectivity index (χ0) is 18.4. The summed E-state index contributed by atoms with van der Waals surface area (Å²) in [7, 11) is 1.76. The van der Waals surface area contributed by atoms with Crippen LogP contribution in [-0.2, 0) is 17.9 Å². The molecule has 8 nitrogen and oxygen atoms in total. The van der Waals surface area contributed by atoms with Crippen LogP contribution in [0.25, 0.3) is 0 Å². The summed E-state index contributed by atoms with van der Waals surface area (Å²) < 4.78 is 1.98. The lowest BCUT2D eigenvalue weighted by Crippen LogP contribution is -2.47. The van der Waals surface area contributed by atoms with Crippen molar-refractivity contribution in [2.75, 3.05) is 20.1 Å². The molecule has 8 heteroatoms. The third-order valence-corrected chi connectivity index (χ3v) is 4.54. The van der Waals surface area contributed by atoms with Gasteiger partial charge in [0.25, 0.3) is 0 Å². The van der Waals surface area contributed by atoms with E-state index in [0.29, 0.717) is 26.1 Å². The number of hydrogen-bond donors (Lipinski definition) is 1. The highest BCUT2D eigenvalue weighted by atomic mass is 16.2.